The number of fused-ring (bicyclic) bond motifs is 1. The van der Waals surface area contributed by atoms with Crippen LogP contribution in [0.1, 0.15) is 29.1 Å². The highest BCUT2D eigenvalue weighted by molar-refractivity contribution is 5.95. The number of carbonyl (C=O) groups excluding carboxylic acids is 1. The van der Waals surface area contributed by atoms with Gasteiger partial charge in [0, 0.05) is 41.6 Å². The van der Waals surface area contributed by atoms with Crippen LogP contribution in [-0.4, -0.2) is 44.1 Å². The average Bonchev–Trinajstić information content (AvgIpc) is 3.21. The van der Waals surface area contributed by atoms with Gasteiger partial charge < -0.3 is 20.7 Å². The van der Waals surface area contributed by atoms with Gasteiger partial charge >= 0.3 is 0 Å². The Morgan fingerprint density at radius 2 is 1.90 bits per heavy atom. The van der Waals surface area contributed by atoms with E-state index in [4.69, 9.17) is 5.11 Å². The third-order valence-corrected chi connectivity index (χ3v) is 4.79. The van der Waals surface area contributed by atoms with Gasteiger partial charge in [0.25, 0.3) is 5.91 Å². The van der Waals surface area contributed by atoms with Gasteiger partial charge in [-0.2, -0.15) is 0 Å². The highest BCUT2D eigenvalue weighted by atomic mass is 16.3. The normalized spacial score (nSPS) is 11.9. The van der Waals surface area contributed by atoms with Crippen molar-refractivity contribution in [1.29, 1.82) is 0 Å². The van der Waals surface area contributed by atoms with E-state index < -0.39 is 0 Å². The molecule has 1 aromatic carbocycles. The maximum absolute atomic E-state index is 12.5. The van der Waals surface area contributed by atoms with Crippen LogP contribution in [0.15, 0.2) is 61.2 Å². The van der Waals surface area contributed by atoms with Crippen LogP contribution in [0.4, 0.5) is 5.69 Å². The molecule has 4 N–H and O–H groups in total. The quantitative estimate of drug-likeness (QED) is 0.378. The van der Waals surface area contributed by atoms with E-state index in [0.29, 0.717) is 6.54 Å². The number of anilines is 1. The topological polar surface area (TPSA) is 116 Å². The van der Waals surface area contributed by atoms with Crippen LogP contribution in [0, 0.1) is 0 Å². The lowest BCUT2D eigenvalue weighted by molar-refractivity contribution is 0.0929. The molecule has 0 saturated heterocycles. The molecule has 3 aromatic heterocycles. The Labute approximate surface area is 173 Å². The summed E-state index contributed by atoms with van der Waals surface area (Å²) < 4.78 is 0. The van der Waals surface area contributed by atoms with Crippen LogP contribution in [0.25, 0.3) is 22.2 Å². The van der Waals surface area contributed by atoms with E-state index in [9.17, 15) is 4.79 Å². The second-order valence-electron chi connectivity index (χ2n) is 6.87. The lowest BCUT2D eigenvalue weighted by atomic mass is 10.1. The Kier molecular flexibility index (Phi) is 5.67. The van der Waals surface area contributed by atoms with Gasteiger partial charge in [-0.3, -0.25) is 4.79 Å². The van der Waals surface area contributed by atoms with Crippen molar-refractivity contribution in [1.82, 2.24) is 25.3 Å². The lowest BCUT2D eigenvalue weighted by Crippen LogP contribution is -2.28. The van der Waals surface area contributed by atoms with Crippen LogP contribution in [0.5, 0.6) is 0 Å². The van der Waals surface area contributed by atoms with Crippen LogP contribution in [0.3, 0.4) is 0 Å². The number of carbonyl (C=O) groups is 1. The number of aliphatic hydroxyl groups is 1. The van der Waals surface area contributed by atoms with Crippen molar-refractivity contribution in [3.05, 3.63) is 72.6 Å². The number of hydrogen-bond donors (Lipinski definition) is 4. The van der Waals surface area contributed by atoms with Gasteiger partial charge in [-0.1, -0.05) is 30.3 Å². The molecule has 8 nitrogen and oxygen atoms in total. The van der Waals surface area contributed by atoms with Crippen LogP contribution >= 0.6 is 0 Å². The third kappa shape index (κ3) is 4.13. The molecule has 0 saturated carbocycles. The summed E-state index contributed by atoms with van der Waals surface area (Å²) in [6, 6.07) is 11.5. The number of rotatable bonds is 7. The molecule has 0 bridgehead atoms. The number of aromatic amines is 1. The fourth-order valence-corrected chi connectivity index (χ4v) is 3.21. The van der Waals surface area contributed by atoms with Crippen LogP contribution in [-0.2, 0) is 0 Å². The first kappa shape index (κ1) is 19.5. The number of amides is 1. The predicted octanol–water partition coefficient (Wildman–Crippen LogP) is 2.92. The number of aliphatic hydroxyl groups excluding tert-OH is 1. The molecule has 30 heavy (non-hydrogen) atoms. The van der Waals surface area contributed by atoms with E-state index in [2.05, 4.69) is 30.6 Å². The molecule has 8 heteroatoms. The van der Waals surface area contributed by atoms with Crippen LogP contribution in [0.2, 0.25) is 0 Å². The Balaban J connectivity index is 1.52. The van der Waals surface area contributed by atoms with Crippen molar-refractivity contribution in [2.45, 2.75) is 13.0 Å². The second kappa shape index (κ2) is 8.71. The Hall–Kier alpha value is -3.78. The number of H-pyrrole nitrogens is 1. The first-order valence-electron chi connectivity index (χ1n) is 9.66. The number of nitrogens with one attached hydrogen (secondary N) is 3. The first-order chi connectivity index (χ1) is 14.7. The maximum atomic E-state index is 12.5. The molecule has 3 heterocycles. The number of nitrogens with zero attached hydrogens (tertiary/aromatic N) is 3. The number of pyridine rings is 1. The molecule has 0 aliphatic rings. The number of aromatic nitrogens is 4. The molecule has 0 aliphatic carbocycles. The third-order valence-electron chi connectivity index (χ3n) is 4.79. The molecule has 1 amide bonds. The van der Waals surface area contributed by atoms with Crippen molar-refractivity contribution in [3.8, 4) is 11.1 Å². The van der Waals surface area contributed by atoms with Gasteiger partial charge in [0.2, 0.25) is 5.82 Å². The van der Waals surface area contributed by atoms with Gasteiger partial charge in [0.1, 0.15) is 5.65 Å². The Morgan fingerprint density at radius 3 is 2.63 bits per heavy atom. The van der Waals surface area contributed by atoms with Crippen LogP contribution < -0.4 is 10.6 Å². The summed E-state index contributed by atoms with van der Waals surface area (Å²) >= 11 is 0. The minimum Gasteiger partial charge on any atom is -0.395 e. The summed E-state index contributed by atoms with van der Waals surface area (Å²) in [4.78, 5) is 28.5. The minimum atomic E-state index is -0.325. The van der Waals surface area contributed by atoms with Gasteiger partial charge in [0.05, 0.1) is 24.5 Å². The van der Waals surface area contributed by atoms with Crippen molar-refractivity contribution < 1.29 is 9.90 Å². The second-order valence-corrected chi connectivity index (χ2v) is 6.87. The van der Waals surface area contributed by atoms with E-state index in [1.165, 1.54) is 0 Å². The standard InChI is InChI=1S/C22H22N6O2/c1-14(15-5-3-2-4-6-15)28-22(30)21-24-10-16(11-25-21)19-13-27-20-18(19)9-17(12-26-20)23-7-8-29/h2-6,9-14,23,29H,7-8H2,1H3,(H,26,27)(H,28,30)/t14-/m0/s1. The molecule has 0 spiro atoms. The largest absolute Gasteiger partial charge is 0.395 e. The van der Waals surface area contributed by atoms with E-state index in [1.54, 1.807) is 18.6 Å². The molecular formula is C22H22N6O2. The zero-order valence-electron chi connectivity index (χ0n) is 16.5. The van der Waals surface area contributed by atoms with Crippen molar-refractivity contribution in [2.24, 2.45) is 0 Å². The van der Waals surface area contributed by atoms with E-state index in [0.717, 1.165) is 33.4 Å². The summed E-state index contributed by atoms with van der Waals surface area (Å²) in [6.45, 7) is 2.41. The average molecular weight is 402 g/mol. The molecule has 152 valence electrons. The SMILES string of the molecule is C[C@H](NC(=O)c1ncc(-c2c[nH]c3ncc(NCCO)cc23)cn1)c1ccccc1. The highest BCUT2D eigenvalue weighted by Gasteiger charge is 2.15. The molecule has 0 aliphatic heterocycles. The zero-order chi connectivity index (χ0) is 20.9. The van der Waals surface area contributed by atoms with Crippen molar-refractivity contribution >= 4 is 22.6 Å². The fraction of sp³-hybridized carbons (Fsp3) is 0.182. The summed E-state index contributed by atoms with van der Waals surface area (Å²) in [5, 5.41) is 15.9. The summed E-state index contributed by atoms with van der Waals surface area (Å²) in [5.74, 6) is -0.209. The summed E-state index contributed by atoms with van der Waals surface area (Å²) in [6.07, 6.45) is 6.80. The molecule has 0 unspecified atom stereocenters. The van der Waals surface area contributed by atoms with Gasteiger partial charge in [0.15, 0.2) is 0 Å². The number of benzene rings is 1. The predicted molar refractivity (Wildman–Crippen MR) is 115 cm³/mol. The van der Waals surface area contributed by atoms with Crippen molar-refractivity contribution in [3.63, 3.8) is 0 Å². The fourth-order valence-electron chi connectivity index (χ4n) is 3.21. The van der Waals surface area contributed by atoms with Gasteiger partial charge in [-0.15, -0.1) is 0 Å². The van der Waals surface area contributed by atoms with Crippen molar-refractivity contribution in [2.75, 3.05) is 18.5 Å². The molecule has 1 atom stereocenters. The monoisotopic (exact) mass is 402 g/mol. The molecule has 0 fully saturated rings. The molecule has 4 aromatic rings. The highest BCUT2D eigenvalue weighted by Crippen LogP contribution is 2.28. The van der Waals surface area contributed by atoms with E-state index in [-0.39, 0.29) is 24.4 Å². The molecule has 0 radical (unpaired) electrons. The van der Waals surface area contributed by atoms with E-state index in [1.807, 2.05) is 49.5 Å². The molecular weight excluding hydrogens is 380 g/mol. The first-order valence-corrected chi connectivity index (χ1v) is 9.66. The van der Waals surface area contributed by atoms with Gasteiger partial charge in [-0.05, 0) is 18.6 Å². The maximum Gasteiger partial charge on any atom is 0.289 e. The Morgan fingerprint density at radius 1 is 1.13 bits per heavy atom. The minimum absolute atomic E-state index is 0.0400. The lowest BCUT2D eigenvalue weighted by Gasteiger charge is -2.13. The Bertz CT molecular complexity index is 1140. The van der Waals surface area contributed by atoms with Gasteiger partial charge in [-0.25, -0.2) is 15.0 Å². The van der Waals surface area contributed by atoms with E-state index >= 15 is 0 Å². The number of hydrogen-bond acceptors (Lipinski definition) is 6. The summed E-state index contributed by atoms with van der Waals surface area (Å²) in [7, 11) is 0. The zero-order valence-corrected chi connectivity index (χ0v) is 16.5. The smallest absolute Gasteiger partial charge is 0.289 e. The summed E-state index contributed by atoms with van der Waals surface area (Å²) in [5.41, 5.74) is 4.21. The molecule has 4 rings (SSSR count).